The zero-order chi connectivity index (χ0) is 18.8. The zero-order valence-electron chi connectivity index (χ0n) is 13.3. The molecule has 3 nitrogen and oxygen atoms in total. The van der Waals surface area contributed by atoms with Crippen molar-refractivity contribution >= 4 is 0 Å². The highest BCUT2D eigenvalue weighted by molar-refractivity contribution is 5.35. The number of hydrogen-bond acceptors (Lipinski definition) is 2. The molecular formula is C15H19F7N2O. The van der Waals surface area contributed by atoms with Gasteiger partial charge in [-0.2, -0.15) is 18.3 Å². The number of aliphatic hydroxyl groups is 1. The van der Waals surface area contributed by atoms with Gasteiger partial charge in [-0.1, -0.05) is 0 Å². The molecule has 1 N–H and O–H groups in total. The van der Waals surface area contributed by atoms with Gasteiger partial charge in [0.1, 0.15) is 6.10 Å². The van der Waals surface area contributed by atoms with Gasteiger partial charge in [0.2, 0.25) is 0 Å². The second-order valence-corrected chi connectivity index (χ2v) is 6.13. The molecule has 0 aromatic carbocycles. The third-order valence-electron chi connectivity index (χ3n) is 4.38. The predicted octanol–water partition coefficient (Wildman–Crippen LogP) is 4.56. The van der Waals surface area contributed by atoms with Crippen molar-refractivity contribution in [3.8, 4) is 0 Å². The first-order valence-corrected chi connectivity index (χ1v) is 7.99. The van der Waals surface area contributed by atoms with Gasteiger partial charge in [0, 0.05) is 17.7 Å². The highest BCUT2D eigenvalue weighted by Crippen LogP contribution is 2.47. The minimum Gasteiger partial charge on any atom is -0.382 e. The molecule has 0 saturated carbocycles. The summed E-state index contributed by atoms with van der Waals surface area (Å²) < 4.78 is 93.0. The Hall–Kier alpha value is -1.32. The van der Waals surface area contributed by atoms with Crippen molar-refractivity contribution in [1.82, 2.24) is 9.78 Å². The molecule has 0 saturated heterocycles. The lowest BCUT2D eigenvalue weighted by Crippen LogP contribution is -2.33. The van der Waals surface area contributed by atoms with Gasteiger partial charge in [-0.25, -0.2) is 8.78 Å². The SMILES string of the molecule is O[C@H]1c2c(C(F)(F)F)nn(C(CCCF)CCCF)c2CCC1(F)F. The number of nitrogens with zero attached hydrogens (tertiary/aromatic N) is 2. The molecule has 2 rings (SSSR count). The molecule has 0 bridgehead atoms. The van der Waals surface area contributed by atoms with Gasteiger partial charge in [0.15, 0.2) is 5.69 Å². The molecular weight excluding hydrogens is 357 g/mol. The Morgan fingerprint density at radius 2 is 1.72 bits per heavy atom. The molecule has 144 valence electrons. The highest BCUT2D eigenvalue weighted by atomic mass is 19.4. The van der Waals surface area contributed by atoms with Crippen LogP contribution in [0.3, 0.4) is 0 Å². The number of rotatable bonds is 7. The van der Waals surface area contributed by atoms with Crippen LogP contribution in [0.25, 0.3) is 0 Å². The Bertz CT molecular complexity index is 577. The van der Waals surface area contributed by atoms with Crippen LogP contribution < -0.4 is 0 Å². The van der Waals surface area contributed by atoms with E-state index < -0.39 is 61.7 Å². The van der Waals surface area contributed by atoms with Gasteiger partial charge in [-0.3, -0.25) is 13.5 Å². The first kappa shape index (κ1) is 20.0. The molecule has 1 heterocycles. The van der Waals surface area contributed by atoms with E-state index in [-0.39, 0.29) is 31.4 Å². The number of fused-ring (bicyclic) bond motifs is 1. The van der Waals surface area contributed by atoms with Gasteiger partial charge in [-0.05, 0) is 32.1 Å². The summed E-state index contributed by atoms with van der Waals surface area (Å²) in [7, 11) is 0. The van der Waals surface area contributed by atoms with E-state index in [1.807, 2.05) is 0 Å². The summed E-state index contributed by atoms with van der Waals surface area (Å²) in [4.78, 5) is 0. The quantitative estimate of drug-likeness (QED) is 0.709. The standard InChI is InChI=1S/C15H19F7N2O/c16-7-1-3-9(4-2-8-17)24-10-5-6-14(18,19)13(25)11(10)12(23-24)15(20,21)22/h9,13,25H,1-8H2/t13-/m0/s1. The van der Waals surface area contributed by atoms with Crippen LogP contribution in [-0.4, -0.2) is 34.2 Å². The van der Waals surface area contributed by atoms with E-state index >= 15 is 0 Å². The van der Waals surface area contributed by atoms with Crippen LogP contribution in [0.2, 0.25) is 0 Å². The van der Waals surface area contributed by atoms with Crippen LogP contribution in [0.15, 0.2) is 0 Å². The second-order valence-electron chi connectivity index (χ2n) is 6.13. The fraction of sp³-hybridized carbons (Fsp3) is 0.800. The number of aliphatic hydroxyl groups excluding tert-OH is 1. The van der Waals surface area contributed by atoms with Gasteiger partial charge in [-0.15, -0.1) is 0 Å². The summed E-state index contributed by atoms with van der Waals surface area (Å²) >= 11 is 0. The summed E-state index contributed by atoms with van der Waals surface area (Å²) in [5, 5.41) is 13.2. The molecule has 1 aliphatic carbocycles. The molecule has 0 fully saturated rings. The molecule has 10 heteroatoms. The average molecular weight is 376 g/mol. The molecule has 25 heavy (non-hydrogen) atoms. The van der Waals surface area contributed by atoms with Gasteiger partial charge in [0.05, 0.1) is 19.4 Å². The van der Waals surface area contributed by atoms with Crippen molar-refractivity contribution in [3.05, 3.63) is 17.0 Å². The van der Waals surface area contributed by atoms with Crippen LogP contribution in [-0.2, 0) is 12.6 Å². The molecule has 0 unspecified atom stereocenters. The Morgan fingerprint density at radius 1 is 1.16 bits per heavy atom. The van der Waals surface area contributed by atoms with E-state index in [1.54, 1.807) is 0 Å². The van der Waals surface area contributed by atoms with Crippen molar-refractivity contribution in [2.45, 2.75) is 62.8 Å². The fourth-order valence-electron chi connectivity index (χ4n) is 3.18. The Labute approximate surface area is 139 Å². The van der Waals surface area contributed by atoms with Crippen molar-refractivity contribution in [2.24, 2.45) is 0 Å². The monoisotopic (exact) mass is 376 g/mol. The molecule has 0 spiro atoms. The van der Waals surface area contributed by atoms with E-state index in [1.165, 1.54) is 0 Å². The minimum atomic E-state index is -5.02. The molecule has 1 aliphatic rings. The summed E-state index contributed by atoms with van der Waals surface area (Å²) in [6.07, 6.45) is -8.56. The number of alkyl halides is 7. The normalized spacial score (nSPS) is 20.1. The van der Waals surface area contributed by atoms with Crippen molar-refractivity contribution < 1.29 is 35.8 Å². The van der Waals surface area contributed by atoms with E-state index in [9.17, 15) is 35.8 Å². The minimum absolute atomic E-state index is 0.0334. The maximum atomic E-state index is 13.7. The van der Waals surface area contributed by atoms with E-state index in [4.69, 9.17) is 0 Å². The smallest absolute Gasteiger partial charge is 0.382 e. The first-order valence-electron chi connectivity index (χ1n) is 7.99. The average Bonchev–Trinajstić information content (AvgIpc) is 2.91. The van der Waals surface area contributed by atoms with Crippen LogP contribution in [0.4, 0.5) is 30.7 Å². The summed E-state index contributed by atoms with van der Waals surface area (Å²) in [5.74, 6) is -3.69. The molecule has 1 atom stereocenters. The molecule has 0 amide bonds. The lowest BCUT2D eigenvalue weighted by Gasteiger charge is -2.29. The maximum Gasteiger partial charge on any atom is 0.435 e. The van der Waals surface area contributed by atoms with E-state index in [0.29, 0.717) is 0 Å². The molecule has 1 aromatic heterocycles. The number of halogens is 7. The zero-order valence-corrected chi connectivity index (χ0v) is 13.3. The largest absolute Gasteiger partial charge is 0.435 e. The van der Waals surface area contributed by atoms with Crippen molar-refractivity contribution in [1.29, 1.82) is 0 Å². The van der Waals surface area contributed by atoms with Gasteiger partial charge in [0.25, 0.3) is 5.92 Å². The Balaban J connectivity index is 2.52. The van der Waals surface area contributed by atoms with Crippen LogP contribution in [0.5, 0.6) is 0 Å². The van der Waals surface area contributed by atoms with Gasteiger partial charge < -0.3 is 5.11 Å². The predicted molar refractivity (Wildman–Crippen MR) is 74.9 cm³/mol. The topological polar surface area (TPSA) is 38.1 Å². The van der Waals surface area contributed by atoms with Crippen LogP contribution >= 0.6 is 0 Å². The summed E-state index contributed by atoms with van der Waals surface area (Å²) in [6.45, 7) is -1.41. The third-order valence-corrected chi connectivity index (χ3v) is 4.38. The van der Waals surface area contributed by atoms with Crippen molar-refractivity contribution in [2.75, 3.05) is 13.3 Å². The Morgan fingerprint density at radius 3 is 2.20 bits per heavy atom. The highest BCUT2D eigenvalue weighted by Gasteiger charge is 2.51. The lowest BCUT2D eigenvalue weighted by molar-refractivity contribution is -0.150. The third kappa shape index (κ3) is 4.09. The molecule has 0 aliphatic heterocycles. The number of hydrogen-bond donors (Lipinski definition) is 1. The number of aromatic nitrogens is 2. The fourth-order valence-corrected chi connectivity index (χ4v) is 3.18. The second kappa shape index (κ2) is 7.51. The maximum absolute atomic E-state index is 13.7. The van der Waals surface area contributed by atoms with Crippen molar-refractivity contribution in [3.63, 3.8) is 0 Å². The molecule has 1 aromatic rings. The van der Waals surface area contributed by atoms with E-state index in [2.05, 4.69) is 5.10 Å². The summed E-state index contributed by atoms with van der Waals surface area (Å²) in [5.41, 5.74) is -2.61. The Kier molecular flexibility index (Phi) is 6.01. The van der Waals surface area contributed by atoms with Crippen LogP contribution in [0.1, 0.15) is 61.2 Å². The lowest BCUT2D eigenvalue weighted by atomic mass is 9.89. The summed E-state index contributed by atoms with van der Waals surface area (Å²) in [6, 6.07) is -0.740. The van der Waals surface area contributed by atoms with Gasteiger partial charge >= 0.3 is 6.18 Å². The van der Waals surface area contributed by atoms with E-state index in [0.717, 1.165) is 4.68 Å². The molecule has 0 radical (unpaired) electrons. The first-order chi connectivity index (χ1) is 11.6. The van der Waals surface area contributed by atoms with Crippen LogP contribution in [0, 0.1) is 0 Å².